The molecule has 5 rings (SSSR count). The number of aromatic nitrogens is 5. The summed E-state index contributed by atoms with van der Waals surface area (Å²) >= 11 is 0. The maximum Gasteiger partial charge on any atom is 0.252 e. The lowest BCUT2D eigenvalue weighted by atomic mass is 10.0. The Morgan fingerprint density at radius 2 is 1.89 bits per heavy atom. The van der Waals surface area contributed by atoms with E-state index in [1.54, 1.807) is 0 Å². The second kappa shape index (κ2) is 10.7. The molecule has 2 heterocycles. The number of aromatic amines is 1. The fraction of sp³-hybridized carbons (Fsp3) is 0.448. The maximum atomic E-state index is 13.2. The van der Waals surface area contributed by atoms with Gasteiger partial charge in [-0.05, 0) is 78.8 Å². The van der Waals surface area contributed by atoms with Crippen molar-refractivity contribution in [3.8, 4) is 0 Å². The average molecular weight is 485 g/mol. The van der Waals surface area contributed by atoms with E-state index in [9.17, 15) is 4.79 Å². The topological polar surface area (TPSA) is 79.7 Å². The van der Waals surface area contributed by atoms with Crippen LogP contribution in [0.25, 0.3) is 10.9 Å². The molecule has 0 unspecified atom stereocenters. The normalized spacial score (nSPS) is 15.2. The van der Waals surface area contributed by atoms with Crippen LogP contribution in [0.3, 0.4) is 0 Å². The number of rotatable bonds is 9. The molecule has 188 valence electrons. The number of aryl methyl sites for hydroxylation is 2. The molecule has 0 radical (unpaired) electrons. The van der Waals surface area contributed by atoms with E-state index in [1.165, 1.54) is 24.0 Å². The predicted octanol–water partition coefficient (Wildman–Crippen LogP) is 5.44. The molecule has 0 bridgehead atoms. The summed E-state index contributed by atoms with van der Waals surface area (Å²) in [6.45, 7) is 7.71. The first-order valence-corrected chi connectivity index (χ1v) is 13.2. The van der Waals surface area contributed by atoms with E-state index >= 15 is 0 Å². The number of tetrazole rings is 1. The first-order valence-electron chi connectivity index (χ1n) is 13.2. The van der Waals surface area contributed by atoms with Crippen molar-refractivity contribution in [2.24, 2.45) is 0 Å². The molecule has 7 heteroatoms. The van der Waals surface area contributed by atoms with E-state index in [0.717, 1.165) is 60.1 Å². The van der Waals surface area contributed by atoms with Gasteiger partial charge in [-0.1, -0.05) is 56.2 Å². The van der Waals surface area contributed by atoms with Crippen molar-refractivity contribution in [3.05, 3.63) is 87.0 Å². The zero-order valence-corrected chi connectivity index (χ0v) is 21.6. The van der Waals surface area contributed by atoms with E-state index in [0.29, 0.717) is 12.6 Å². The van der Waals surface area contributed by atoms with Gasteiger partial charge < -0.3 is 4.98 Å². The zero-order chi connectivity index (χ0) is 25.1. The van der Waals surface area contributed by atoms with Gasteiger partial charge in [0.25, 0.3) is 5.56 Å². The van der Waals surface area contributed by atoms with Crippen LogP contribution in [0.4, 0.5) is 0 Å². The quantitative estimate of drug-likeness (QED) is 0.342. The fourth-order valence-electron chi connectivity index (χ4n) is 5.75. The molecule has 1 saturated carbocycles. The summed E-state index contributed by atoms with van der Waals surface area (Å²) in [5, 5.41) is 14.1. The number of hydrogen-bond donors (Lipinski definition) is 1. The summed E-state index contributed by atoms with van der Waals surface area (Å²) in [7, 11) is 0. The molecule has 0 saturated heterocycles. The standard InChI is InChI=1S/C29H36N6O/c1-4-27(28-31-32-33-35(28)24-12-8-9-13-24)34(15-14-22-10-6-5-7-11-22)19-23-18-25-21(3)16-20(2)17-26(25)30-29(23)36/h5-7,10-11,16-18,24,27H,4,8-9,12-15,19H2,1-3H3,(H,30,36)/t27-/m0/s1. The van der Waals surface area contributed by atoms with Crippen LogP contribution in [0.15, 0.2) is 53.3 Å². The van der Waals surface area contributed by atoms with E-state index in [1.807, 2.05) is 12.1 Å². The summed E-state index contributed by atoms with van der Waals surface area (Å²) < 4.78 is 2.06. The highest BCUT2D eigenvalue weighted by molar-refractivity contribution is 5.83. The first kappa shape index (κ1) is 24.4. The molecule has 7 nitrogen and oxygen atoms in total. The summed E-state index contributed by atoms with van der Waals surface area (Å²) in [6.07, 6.45) is 6.47. The van der Waals surface area contributed by atoms with E-state index in [4.69, 9.17) is 0 Å². The number of fused-ring (bicyclic) bond motifs is 1. The fourth-order valence-corrected chi connectivity index (χ4v) is 5.75. The van der Waals surface area contributed by atoms with Gasteiger partial charge in [0.2, 0.25) is 0 Å². The Morgan fingerprint density at radius 1 is 1.11 bits per heavy atom. The van der Waals surface area contributed by atoms with Crippen molar-refractivity contribution in [1.29, 1.82) is 0 Å². The number of nitrogens with zero attached hydrogens (tertiary/aromatic N) is 5. The van der Waals surface area contributed by atoms with Gasteiger partial charge in [-0.15, -0.1) is 5.10 Å². The monoisotopic (exact) mass is 484 g/mol. The third kappa shape index (κ3) is 5.12. The van der Waals surface area contributed by atoms with Crippen LogP contribution < -0.4 is 5.56 Å². The molecule has 0 aliphatic heterocycles. The molecule has 1 N–H and O–H groups in total. The molecule has 2 aromatic carbocycles. The number of nitrogens with one attached hydrogen (secondary N) is 1. The SMILES string of the molecule is CC[C@@H](c1nnnn1C1CCCC1)N(CCc1ccccc1)Cc1cc2c(C)cc(C)cc2[nH]c1=O. The minimum Gasteiger partial charge on any atom is -0.322 e. The van der Waals surface area contributed by atoms with Crippen molar-refractivity contribution >= 4 is 10.9 Å². The summed E-state index contributed by atoms with van der Waals surface area (Å²) in [4.78, 5) is 18.7. The second-order valence-corrected chi connectivity index (χ2v) is 10.2. The highest BCUT2D eigenvalue weighted by Crippen LogP contribution is 2.33. The van der Waals surface area contributed by atoms with Gasteiger partial charge in [0, 0.05) is 29.6 Å². The van der Waals surface area contributed by atoms with Crippen LogP contribution in [0.2, 0.25) is 0 Å². The van der Waals surface area contributed by atoms with Crippen molar-refractivity contribution < 1.29 is 0 Å². The lowest BCUT2D eigenvalue weighted by Gasteiger charge is -2.31. The van der Waals surface area contributed by atoms with Crippen molar-refractivity contribution in [2.45, 2.75) is 77.9 Å². The van der Waals surface area contributed by atoms with Crippen molar-refractivity contribution in [2.75, 3.05) is 6.54 Å². The molecule has 1 aliphatic carbocycles. The molecule has 36 heavy (non-hydrogen) atoms. The maximum absolute atomic E-state index is 13.2. The van der Waals surface area contributed by atoms with Crippen LogP contribution in [-0.2, 0) is 13.0 Å². The van der Waals surface area contributed by atoms with Gasteiger partial charge >= 0.3 is 0 Å². The van der Waals surface area contributed by atoms with Gasteiger partial charge in [-0.25, -0.2) is 4.68 Å². The van der Waals surface area contributed by atoms with Crippen LogP contribution in [0.5, 0.6) is 0 Å². The Bertz CT molecular complexity index is 1370. The molecule has 4 aromatic rings. The third-order valence-electron chi connectivity index (χ3n) is 7.61. The number of hydrogen-bond acceptors (Lipinski definition) is 5. The molecule has 2 aromatic heterocycles. The molecule has 1 aliphatic rings. The Kier molecular flexibility index (Phi) is 7.28. The predicted molar refractivity (Wildman–Crippen MR) is 143 cm³/mol. The van der Waals surface area contributed by atoms with Crippen molar-refractivity contribution in [1.82, 2.24) is 30.1 Å². The zero-order valence-electron chi connectivity index (χ0n) is 21.6. The summed E-state index contributed by atoms with van der Waals surface area (Å²) in [6, 6.07) is 17.2. The molecule has 1 atom stereocenters. The summed E-state index contributed by atoms with van der Waals surface area (Å²) in [5.74, 6) is 0.918. The van der Waals surface area contributed by atoms with Gasteiger partial charge in [0.1, 0.15) is 0 Å². The molecular weight excluding hydrogens is 448 g/mol. The van der Waals surface area contributed by atoms with Crippen LogP contribution in [0.1, 0.15) is 79.2 Å². The highest BCUT2D eigenvalue weighted by Gasteiger charge is 2.29. The summed E-state index contributed by atoms with van der Waals surface area (Å²) in [5.41, 5.74) is 5.26. The van der Waals surface area contributed by atoms with E-state index in [-0.39, 0.29) is 11.6 Å². The minimum absolute atomic E-state index is 0.0255. The number of H-pyrrole nitrogens is 1. The Morgan fingerprint density at radius 3 is 2.64 bits per heavy atom. The highest BCUT2D eigenvalue weighted by atomic mass is 16.1. The molecule has 0 spiro atoms. The second-order valence-electron chi connectivity index (χ2n) is 10.2. The number of benzene rings is 2. The smallest absolute Gasteiger partial charge is 0.252 e. The van der Waals surface area contributed by atoms with Crippen LogP contribution >= 0.6 is 0 Å². The first-order chi connectivity index (χ1) is 17.5. The van der Waals surface area contributed by atoms with Gasteiger partial charge in [-0.2, -0.15) is 0 Å². The lowest BCUT2D eigenvalue weighted by Crippen LogP contribution is -2.34. The van der Waals surface area contributed by atoms with Gasteiger partial charge in [0.05, 0.1) is 12.1 Å². The average Bonchev–Trinajstić information content (AvgIpc) is 3.56. The molecule has 0 amide bonds. The van der Waals surface area contributed by atoms with Crippen LogP contribution in [-0.4, -0.2) is 36.6 Å². The minimum atomic E-state index is -0.0255. The van der Waals surface area contributed by atoms with Crippen molar-refractivity contribution in [3.63, 3.8) is 0 Å². The Hall–Kier alpha value is -3.32. The van der Waals surface area contributed by atoms with Gasteiger partial charge in [0.15, 0.2) is 5.82 Å². The third-order valence-corrected chi connectivity index (χ3v) is 7.61. The van der Waals surface area contributed by atoms with Gasteiger partial charge in [-0.3, -0.25) is 9.69 Å². The largest absolute Gasteiger partial charge is 0.322 e. The molecule has 1 fully saturated rings. The molecular formula is C29H36N6O. The lowest BCUT2D eigenvalue weighted by molar-refractivity contribution is 0.169. The van der Waals surface area contributed by atoms with E-state index < -0.39 is 0 Å². The Balaban J connectivity index is 1.50. The van der Waals surface area contributed by atoms with E-state index in [2.05, 4.69) is 87.3 Å². The Labute approximate surface area is 212 Å². The number of pyridine rings is 1. The van der Waals surface area contributed by atoms with Crippen LogP contribution in [0, 0.1) is 13.8 Å².